The van der Waals surface area contributed by atoms with Crippen LogP contribution in [0.15, 0.2) is 35.1 Å². The molecule has 1 heterocycles. The molecule has 1 amide bonds. The Kier molecular flexibility index (Phi) is 6.61. The predicted molar refractivity (Wildman–Crippen MR) is 105 cm³/mol. The highest BCUT2D eigenvalue weighted by Crippen LogP contribution is 2.38. The van der Waals surface area contributed by atoms with Crippen molar-refractivity contribution in [2.24, 2.45) is 0 Å². The number of aromatic nitrogens is 2. The molecule has 1 aromatic heterocycles. The van der Waals surface area contributed by atoms with Crippen molar-refractivity contribution in [2.75, 3.05) is 0 Å². The third-order valence-electron chi connectivity index (χ3n) is 4.66. The first-order valence-electron chi connectivity index (χ1n) is 9.28. The summed E-state index contributed by atoms with van der Waals surface area (Å²) in [6, 6.07) is 5.60. The summed E-state index contributed by atoms with van der Waals surface area (Å²) in [7, 11) is 0. The van der Waals surface area contributed by atoms with E-state index in [2.05, 4.69) is 25.9 Å². The van der Waals surface area contributed by atoms with Crippen LogP contribution in [0.25, 0.3) is 0 Å². The lowest BCUT2D eigenvalue weighted by atomic mass is 10.0. The molecule has 6 nitrogen and oxygen atoms in total. The monoisotopic (exact) mass is 482 g/mol. The van der Waals surface area contributed by atoms with Crippen molar-refractivity contribution < 1.29 is 22.7 Å². The second-order valence-electron chi connectivity index (χ2n) is 6.93. The van der Waals surface area contributed by atoms with Crippen LogP contribution >= 0.6 is 15.9 Å². The molecular weight excluding hydrogens is 465 g/mol. The van der Waals surface area contributed by atoms with Gasteiger partial charge in [0.05, 0.1) is 22.1 Å². The number of nitriles is 1. The van der Waals surface area contributed by atoms with E-state index in [4.69, 9.17) is 10.00 Å². The van der Waals surface area contributed by atoms with Crippen LogP contribution in [-0.4, -0.2) is 28.1 Å². The molecule has 0 bridgehead atoms. The van der Waals surface area contributed by atoms with Gasteiger partial charge in [-0.15, -0.1) is 0 Å². The number of nitrogens with one attached hydrogen (secondary N) is 1. The van der Waals surface area contributed by atoms with E-state index in [9.17, 15) is 18.0 Å². The lowest BCUT2D eigenvalue weighted by Gasteiger charge is -2.28. The maximum atomic E-state index is 12.8. The number of carbonyl (C=O) groups excluding carboxylic acids is 1. The van der Waals surface area contributed by atoms with E-state index in [1.807, 2.05) is 11.4 Å². The molecule has 3 rings (SSSR count). The normalized spacial score (nSPS) is 15.7. The van der Waals surface area contributed by atoms with E-state index in [1.54, 1.807) is 6.92 Å². The number of ether oxygens (including phenoxy) is 1. The van der Waals surface area contributed by atoms with Gasteiger partial charge in [-0.2, -0.15) is 18.4 Å². The van der Waals surface area contributed by atoms with Crippen LogP contribution in [0.4, 0.5) is 13.2 Å². The topological polar surface area (TPSA) is 87.9 Å². The van der Waals surface area contributed by atoms with E-state index >= 15 is 0 Å². The molecule has 1 fully saturated rings. The summed E-state index contributed by atoms with van der Waals surface area (Å²) in [5.74, 6) is -0.732. The molecular formula is C20H18BrF3N4O2. The van der Waals surface area contributed by atoms with Crippen LogP contribution in [0, 0.1) is 11.3 Å². The number of hydrogen-bond acceptors (Lipinski definition) is 5. The van der Waals surface area contributed by atoms with Gasteiger partial charge in [0.1, 0.15) is 17.7 Å². The summed E-state index contributed by atoms with van der Waals surface area (Å²) < 4.78 is 44.9. The Hall–Kier alpha value is -2.67. The van der Waals surface area contributed by atoms with Crippen LogP contribution in [0.5, 0.6) is 5.75 Å². The van der Waals surface area contributed by atoms with Crippen LogP contribution in [0.3, 0.4) is 0 Å². The highest BCUT2D eigenvalue weighted by atomic mass is 79.9. The number of amides is 1. The highest BCUT2D eigenvalue weighted by molar-refractivity contribution is 9.10. The molecule has 1 N–H and O–H groups in total. The summed E-state index contributed by atoms with van der Waals surface area (Å²) in [5, 5.41) is 11.0. The third-order valence-corrected chi connectivity index (χ3v) is 5.28. The largest absolute Gasteiger partial charge is 0.482 e. The summed E-state index contributed by atoms with van der Waals surface area (Å²) in [6.45, 7) is 1.64. The van der Waals surface area contributed by atoms with Crippen LogP contribution in [0.1, 0.15) is 55.2 Å². The lowest BCUT2D eigenvalue weighted by Crippen LogP contribution is -2.46. The fourth-order valence-electron chi connectivity index (χ4n) is 2.87. The van der Waals surface area contributed by atoms with E-state index in [-0.39, 0.29) is 6.42 Å². The predicted octanol–water partition coefficient (Wildman–Crippen LogP) is 4.57. The molecule has 30 heavy (non-hydrogen) atoms. The molecule has 0 spiro atoms. The molecule has 1 saturated carbocycles. The van der Waals surface area contributed by atoms with Gasteiger partial charge >= 0.3 is 12.1 Å². The number of hydrogen-bond donors (Lipinski definition) is 1. The number of alkyl halides is 3. The number of carbonyl (C=O) groups is 1. The Balaban J connectivity index is 1.92. The maximum absolute atomic E-state index is 12.8. The van der Waals surface area contributed by atoms with Crippen molar-refractivity contribution in [3.05, 3.63) is 52.0 Å². The summed E-state index contributed by atoms with van der Waals surface area (Å²) >= 11 is 3.31. The molecule has 2 atom stereocenters. The van der Waals surface area contributed by atoms with Gasteiger partial charge in [0.25, 0.3) is 0 Å². The lowest BCUT2D eigenvalue weighted by molar-refractivity contribution is -0.175. The van der Waals surface area contributed by atoms with Gasteiger partial charge < -0.3 is 10.1 Å². The average molecular weight is 483 g/mol. The number of halogens is 4. The van der Waals surface area contributed by atoms with Gasteiger partial charge in [-0.25, -0.2) is 9.97 Å². The van der Waals surface area contributed by atoms with Crippen LogP contribution in [-0.2, 0) is 4.79 Å². The molecule has 10 heteroatoms. The smallest absolute Gasteiger partial charge is 0.471 e. The number of nitrogens with zero attached hydrogens (tertiary/aromatic N) is 3. The minimum atomic E-state index is -5.01. The second-order valence-corrected chi connectivity index (χ2v) is 7.78. The Morgan fingerprint density at radius 1 is 1.37 bits per heavy atom. The number of rotatable bonds is 7. The van der Waals surface area contributed by atoms with E-state index in [0.29, 0.717) is 33.1 Å². The first kappa shape index (κ1) is 22.0. The van der Waals surface area contributed by atoms with Crippen LogP contribution in [0.2, 0.25) is 0 Å². The first-order chi connectivity index (χ1) is 14.2. The fraction of sp³-hybridized carbons (Fsp3) is 0.400. The Bertz CT molecular complexity index is 956. The Morgan fingerprint density at radius 2 is 2.03 bits per heavy atom. The molecule has 0 radical (unpaired) electrons. The number of benzene rings is 1. The van der Waals surface area contributed by atoms with Crippen molar-refractivity contribution in [2.45, 2.75) is 50.4 Å². The second kappa shape index (κ2) is 9.00. The zero-order valence-electron chi connectivity index (χ0n) is 15.9. The molecule has 1 aliphatic carbocycles. The third kappa shape index (κ3) is 5.27. The molecule has 1 aliphatic rings. The molecule has 1 aromatic carbocycles. The molecule has 0 aliphatic heterocycles. The molecule has 2 aromatic rings. The molecule has 158 valence electrons. The maximum Gasteiger partial charge on any atom is 0.471 e. The SMILES string of the molecule is CC[C@H](NC(=O)C(F)(F)F)[C@H](Oc1ccc(C#N)cc1Br)c1cnc(C2CC2)nc1. The summed E-state index contributed by atoms with van der Waals surface area (Å²) in [4.78, 5) is 20.2. The van der Waals surface area contributed by atoms with Gasteiger partial charge in [-0.05, 0) is 53.4 Å². The van der Waals surface area contributed by atoms with Crippen LogP contribution < -0.4 is 10.1 Å². The van der Waals surface area contributed by atoms with E-state index in [1.165, 1.54) is 30.6 Å². The van der Waals surface area contributed by atoms with Gasteiger partial charge in [-0.3, -0.25) is 4.79 Å². The summed E-state index contributed by atoms with van der Waals surface area (Å²) in [6.07, 6.45) is -0.757. The Labute approximate surface area is 179 Å². The first-order valence-corrected chi connectivity index (χ1v) is 10.1. The summed E-state index contributed by atoms with van der Waals surface area (Å²) in [5.41, 5.74) is 0.824. The van der Waals surface area contributed by atoms with Gasteiger partial charge in [0.2, 0.25) is 0 Å². The van der Waals surface area contributed by atoms with Crippen molar-refractivity contribution in [3.8, 4) is 11.8 Å². The van der Waals surface area contributed by atoms with Gasteiger partial charge in [0.15, 0.2) is 0 Å². The quantitative estimate of drug-likeness (QED) is 0.624. The van der Waals surface area contributed by atoms with Crippen molar-refractivity contribution in [3.63, 3.8) is 0 Å². The van der Waals surface area contributed by atoms with Crippen molar-refractivity contribution >= 4 is 21.8 Å². The highest BCUT2D eigenvalue weighted by Gasteiger charge is 2.41. The zero-order valence-corrected chi connectivity index (χ0v) is 17.5. The van der Waals surface area contributed by atoms with Gasteiger partial charge in [0, 0.05) is 23.9 Å². The van der Waals surface area contributed by atoms with E-state index in [0.717, 1.165) is 12.8 Å². The van der Waals surface area contributed by atoms with E-state index < -0.39 is 24.2 Å². The Morgan fingerprint density at radius 3 is 2.53 bits per heavy atom. The van der Waals surface area contributed by atoms with Crippen molar-refractivity contribution in [1.82, 2.24) is 15.3 Å². The van der Waals surface area contributed by atoms with Gasteiger partial charge in [-0.1, -0.05) is 6.92 Å². The molecule has 0 saturated heterocycles. The minimum Gasteiger partial charge on any atom is -0.482 e. The average Bonchev–Trinajstić information content (AvgIpc) is 3.56. The zero-order chi connectivity index (χ0) is 21.9. The minimum absolute atomic E-state index is 0.171. The molecule has 0 unspecified atom stereocenters. The standard InChI is InChI=1S/C20H18BrF3N4O2/c1-2-15(28-19(29)20(22,23)24)17(13-9-26-18(27-10-13)12-4-5-12)30-16-6-3-11(8-25)7-14(16)21/h3,6-7,9-10,12,15,17H,2,4-5H2,1H3,(H,28,29)/t15-,17+/m0/s1. The van der Waals surface area contributed by atoms with Crippen molar-refractivity contribution in [1.29, 1.82) is 5.26 Å². The fourth-order valence-corrected chi connectivity index (χ4v) is 3.35.